The molecule has 2 aromatic heterocycles. The number of aliphatic hydroxyl groups is 1. The lowest BCUT2D eigenvalue weighted by atomic mass is 10.2. The van der Waals surface area contributed by atoms with Crippen molar-refractivity contribution in [1.82, 2.24) is 19.1 Å². The van der Waals surface area contributed by atoms with Crippen LogP contribution in [0.1, 0.15) is 19.4 Å². The van der Waals surface area contributed by atoms with Crippen molar-refractivity contribution in [3.63, 3.8) is 0 Å². The first-order chi connectivity index (χ1) is 14.9. The van der Waals surface area contributed by atoms with E-state index in [1.807, 2.05) is 50.3 Å². The molecule has 10 nitrogen and oxygen atoms in total. The fourth-order valence-corrected chi connectivity index (χ4v) is 2.92. The summed E-state index contributed by atoms with van der Waals surface area (Å²) in [6, 6.07) is 9.74. The summed E-state index contributed by atoms with van der Waals surface area (Å²) in [5, 5.41) is 14.5. The minimum Gasteiger partial charge on any atom is -0.389 e. The molecule has 0 radical (unpaired) electrons. The fourth-order valence-electron chi connectivity index (χ4n) is 2.92. The van der Waals surface area contributed by atoms with Crippen molar-refractivity contribution < 1.29 is 9.84 Å². The quantitative estimate of drug-likeness (QED) is 0.350. The smallest absolute Gasteiger partial charge is 0.329 e. The van der Waals surface area contributed by atoms with E-state index < -0.39 is 17.4 Å². The van der Waals surface area contributed by atoms with Gasteiger partial charge in [0.1, 0.15) is 0 Å². The number of H-pyrrole nitrogens is 1. The molecule has 1 atom stereocenters. The Labute approximate surface area is 178 Å². The van der Waals surface area contributed by atoms with Gasteiger partial charge in [-0.2, -0.15) is 10.1 Å². The van der Waals surface area contributed by atoms with E-state index >= 15 is 0 Å². The van der Waals surface area contributed by atoms with Gasteiger partial charge in [-0.05, 0) is 25.5 Å². The van der Waals surface area contributed by atoms with Gasteiger partial charge >= 0.3 is 5.69 Å². The van der Waals surface area contributed by atoms with E-state index in [1.165, 1.54) is 22.4 Å². The zero-order valence-electron chi connectivity index (χ0n) is 17.6. The van der Waals surface area contributed by atoms with E-state index in [0.29, 0.717) is 0 Å². The summed E-state index contributed by atoms with van der Waals surface area (Å²) in [5.74, 6) is 0.217. The fraction of sp³-hybridized carbons (Fsp3) is 0.333. The second-order valence-corrected chi connectivity index (χ2v) is 7.23. The van der Waals surface area contributed by atoms with Gasteiger partial charge in [0.15, 0.2) is 11.2 Å². The van der Waals surface area contributed by atoms with Crippen LogP contribution in [0.3, 0.4) is 0 Å². The standard InChI is InChI=1S/C21H26N6O4/c1-14(2)31-13-16(28)12-27-17-18(26(3)21(30)24-19(17)29)23-20(27)25-22-11-7-10-15-8-5-4-6-9-15/h4-11,14,16,28H,12-13H2,1-3H3,(H,23,25)(H,24,29,30)/b10-7+,22-11-/t16-/m1/s1. The molecule has 0 saturated heterocycles. The Bertz CT molecular complexity index is 1190. The van der Waals surface area contributed by atoms with Gasteiger partial charge in [0.25, 0.3) is 5.56 Å². The summed E-state index contributed by atoms with van der Waals surface area (Å²) in [6.45, 7) is 3.85. The Morgan fingerprint density at radius 1 is 1.29 bits per heavy atom. The number of allylic oxidation sites excluding steroid dienone is 1. The molecule has 3 aromatic rings. The van der Waals surface area contributed by atoms with E-state index in [-0.39, 0.29) is 36.4 Å². The molecule has 0 aliphatic heterocycles. The van der Waals surface area contributed by atoms with Crippen LogP contribution in [0.5, 0.6) is 0 Å². The summed E-state index contributed by atoms with van der Waals surface area (Å²) in [4.78, 5) is 31.0. The molecule has 164 valence electrons. The number of imidazole rings is 1. The number of aromatic amines is 1. The Morgan fingerprint density at radius 3 is 2.74 bits per heavy atom. The number of anilines is 1. The molecule has 0 bridgehead atoms. The molecular formula is C21H26N6O4. The van der Waals surface area contributed by atoms with Crippen molar-refractivity contribution >= 4 is 29.4 Å². The maximum absolute atomic E-state index is 12.4. The number of hydrogen-bond acceptors (Lipinski definition) is 7. The van der Waals surface area contributed by atoms with E-state index in [4.69, 9.17) is 4.74 Å². The van der Waals surface area contributed by atoms with E-state index in [1.54, 1.807) is 6.08 Å². The molecule has 0 aliphatic rings. The molecule has 0 saturated carbocycles. The summed E-state index contributed by atoms with van der Waals surface area (Å²) in [6.07, 6.45) is 4.24. The first-order valence-corrected chi connectivity index (χ1v) is 9.86. The van der Waals surface area contributed by atoms with Crippen LogP contribution < -0.4 is 16.7 Å². The molecule has 3 rings (SSSR count). The van der Waals surface area contributed by atoms with Crippen molar-refractivity contribution in [1.29, 1.82) is 0 Å². The predicted octanol–water partition coefficient (Wildman–Crippen LogP) is 1.32. The first kappa shape index (κ1) is 22.2. The first-order valence-electron chi connectivity index (χ1n) is 9.86. The third kappa shape index (κ3) is 5.56. The van der Waals surface area contributed by atoms with Crippen molar-refractivity contribution in [2.24, 2.45) is 12.1 Å². The topological polar surface area (TPSA) is 127 Å². The van der Waals surface area contributed by atoms with Gasteiger partial charge in [0, 0.05) is 13.3 Å². The van der Waals surface area contributed by atoms with Crippen molar-refractivity contribution in [2.45, 2.75) is 32.6 Å². The third-order valence-corrected chi connectivity index (χ3v) is 4.44. The van der Waals surface area contributed by atoms with E-state index in [0.717, 1.165) is 5.56 Å². The Hall–Kier alpha value is -3.50. The summed E-state index contributed by atoms with van der Waals surface area (Å²) < 4.78 is 8.17. The number of hydrazone groups is 1. The highest BCUT2D eigenvalue weighted by molar-refractivity contribution is 5.79. The normalized spacial score (nSPS) is 13.1. The number of aromatic nitrogens is 4. The minimum absolute atomic E-state index is 0.0300. The van der Waals surface area contributed by atoms with Crippen LogP contribution in [0.2, 0.25) is 0 Å². The average molecular weight is 426 g/mol. The van der Waals surface area contributed by atoms with Gasteiger partial charge in [0.2, 0.25) is 5.95 Å². The zero-order valence-corrected chi connectivity index (χ0v) is 17.6. The van der Waals surface area contributed by atoms with Crippen LogP contribution in [-0.2, 0) is 18.3 Å². The monoisotopic (exact) mass is 426 g/mol. The van der Waals surface area contributed by atoms with Crippen LogP contribution >= 0.6 is 0 Å². The third-order valence-electron chi connectivity index (χ3n) is 4.44. The molecular weight excluding hydrogens is 400 g/mol. The minimum atomic E-state index is -0.890. The largest absolute Gasteiger partial charge is 0.389 e. The number of rotatable bonds is 9. The highest BCUT2D eigenvalue weighted by Crippen LogP contribution is 2.16. The lowest BCUT2D eigenvalue weighted by Crippen LogP contribution is -2.30. The number of nitrogens with zero attached hydrogens (tertiary/aromatic N) is 4. The van der Waals surface area contributed by atoms with Gasteiger partial charge in [-0.25, -0.2) is 10.2 Å². The molecule has 31 heavy (non-hydrogen) atoms. The van der Waals surface area contributed by atoms with Gasteiger partial charge in [-0.3, -0.25) is 14.3 Å². The van der Waals surface area contributed by atoms with Gasteiger partial charge in [-0.15, -0.1) is 0 Å². The highest BCUT2D eigenvalue weighted by atomic mass is 16.5. The molecule has 0 unspecified atom stereocenters. The Morgan fingerprint density at radius 2 is 2.03 bits per heavy atom. The summed E-state index contributed by atoms with van der Waals surface area (Å²) in [7, 11) is 1.51. The van der Waals surface area contributed by atoms with E-state index in [9.17, 15) is 14.7 Å². The number of nitrogens with one attached hydrogen (secondary N) is 2. The highest BCUT2D eigenvalue weighted by Gasteiger charge is 2.19. The van der Waals surface area contributed by atoms with Crippen LogP contribution in [0.15, 0.2) is 51.1 Å². The van der Waals surface area contributed by atoms with Crippen LogP contribution in [0.25, 0.3) is 17.2 Å². The van der Waals surface area contributed by atoms with Crippen molar-refractivity contribution in [3.8, 4) is 0 Å². The molecule has 0 spiro atoms. The maximum atomic E-state index is 12.4. The SMILES string of the molecule is CC(C)OC[C@H](O)Cn1c(N/N=C\C=C\c2ccccc2)nc2c1c(=O)[nH]c(=O)n2C. The second-order valence-electron chi connectivity index (χ2n) is 7.23. The van der Waals surface area contributed by atoms with Crippen molar-refractivity contribution in [3.05, 3.63) is 62.8 Å². The number of benzene rings is 1. The number of aryl methyl sites for hydroxylation is 1. The Balaban J connectivity index is 1.88. The van der Waals surface area contributed by atoms with Gasteiger partial charge in [0.05, 0.1) is 25.4 Å². The zero-order chi connectivity index (χ0) is 22.4. The molecule has 0 amide bonds. The molecule has 3 N–H and O–H groups in total. The van der Waals surface area contributed by atoms with Gasteiger partial charge in [-0.1, -0.05) is 36.4 Å². The Kier molecular flexibility index (Phi) is 7.16. The predicted molar refractivity (Wildman–Crippen MR) is 120 cm³/mol. The average Bonchev–Trinajstić information content (AvgIpc) is 3.10. The van der Waals surface area contributed by atoms with Crippen LogP contribution in [0.4, 0.5) is 5.95 Å². The maximum Gasteiger partial charge on any atom is 0.329 e. The second kappa shape index (κ2) is 10.0. The summed E-state index contributed by atoms with van der Waals surface area (Å²) >= 11 is 0. The van der Waals surface area contributed by atoms with Gasteiger partial charge < -0.3 is 14.4 Å². The molecule has 0 aliphatic carbocycles. The number of aliphatic hydroxyl groups excluding tert-OH is 1. The van der Waals surface area contributed by atoms with Crippen molar-refractivity contribution in [2.75, 3.05) is 12.0 Å². The lowest BCUT2D eigenvalue weighted by Gasteiger charge is -2.15. The lowest BCUT2D eigenvalue weighted by molar-refractivity contribution is -0.000105. The van der Waals surface area contributed by atoms with Crippen LogP contribution in [-0.4, -0.2) is 49.2 Å². The molecule has 0 fully saturated rings. The number of ether oxygens (including phenoxy) is 1. The number of fused-ring (bicyclic) bond motifs is 1. The molecule has 10 heteroatoms. The molecule has 1 aromatic carbocycles. The summed E-state index contributed by atoms with van der Waals surface area (Å²) in [5.41, 5.74) is 2.98. The molecule has 2 heterocycles. The van der Waals surface area contributed by atoms with Crippen LogP contribution in [0, 0.1) is 0 Å². The van der Waals surface area contributed by atoms with E-state index in [2.05, 4.69) is 20.5 Å². The number of hydrogen-bond donors (Lipinski definition) is 3.